The van der Waals surface area contributed by atoms with Crippen molar-refractivity contribution in [3.05, 3.63) is 46.2 Å². The second-order valence-electron chi connectivity index (χ2n) is 4.86. The fourth-order valence-corrected chi connectivity index (χ4v) is 2.11. The SMILES string of the molecule is CCC(C)Cn1cc(C(=O)O)c(=O)c2ccccc21. The van der Waals surface area contributed by atoms with Crippen LogP contribution in [0.5, 0.6) is 0 Å². The molecule has 0 aliphatic carbocycles. The van der Waals surface area contributed by atoms with E-state index in [1.54, 1.807) is 12.1 Å². The molecular weight excluding hydrogens is 242 g/mol. The number of hydrogen-bond donors (Lipinski definition) is 1. The highest BCUT2D eigenvalue weighted by atomic mass is 16.4. The molecule has 0 radical (unpaired) electrons. The molecule has 0 saturated heterocycles. The number of carbonyl (C=O) groups is 1. The summed E-state index contributed by atoms with van der Waals surface area (Å²) in [7, 11) is 0. The second kappa shape index (κ2) is 5.26. The van der Waals surface area contributed by atoms with Gasteiger partial charge in [0, 0.05) is 18.1 Å². The highest BCUT2D eigenvalue weighted by molar-refractivity contribution is 5.92. The number of fused-ring (bicyclic) bond motifs is 1. The van der Waals surface area contributed by atoms with E-state index in [9.17, 15) is 9.59 Å². The van der Waals surface area contributed by atoms with Gasteiger partial charge in [0.1, 0.15) is 5.56 Å². The number of nitrogens with zero attached hydrogens (tertiary/aromatic N) is 1. The maximum absolute atomic E-state index is 12.1. The van der Waals surface area contributed by atoms with Crippen LogP contribution in [-0.4, -0.2) is 15.6 Å². The zero-order valence-corrected chi connectivity index (χ0v) is 11.1. The highest BCUT2D eigenvalue weighted by Gasteiger charge is 2.14. The van der Waals surface area contributed by atoms with Crippen molar-refractivity contribution < 1.29 is 9.90 Å². The Bertz CT molecular complexity index is 673. The molecule has 0 aliphatic heterocycles. The average molecular weight is 259 g/mol. The van der Waals surface area contributed by atoms with Crippen LogP contribution in [-0.2, 0) is 6.54 Å². The summed E-state index contributed by atoms with van der Waals surface area (Å²) < 4.78 is 1.87. The lowest BCUT2D eigenvalue weighted by Crippen LogP contribution is -2.20. The number of carboxylic acid groups (broad SMARTS) is 1. The third-order valence-electron chi connectivity index (χ3n) is 3.42. The molecule has 0 saturated carbocycles. The Labute approximate surface area is 111 Å². The summed E-state index contributed by atoms with van der Waals surface area (Å²) in [6.45, 7) is 4.90. The van der Waals surface area contributed by atoms with Gasteiger partial charge in [-0.2, -0.15) is 0 Å². The summed E-state index contributed by atoms with van der Waals surface area (Å²) in [5.41, 5.74) is 0.211. The predicted molar refractivity (Wildman–Crippen MR) is 74.6 cm³/mol. The molecule has 1 aromatic heterocycles. The van der Waals surface area contributed by atoms with Crippen LogP contribution < -0.4 is 5.43 Å². The number of pyridine rings is 1. The molecule has 1 aromatic carbocycles. The molecule has 100 valence electrons. The molecule has 4 heteroatoms. The number of benzene rings is 1. The van der Waals surface area contributed by atoms with Crippen molar-refractivity contribution in [2.24, 2.45) is 5.92 Å². The topological polar surface area (TPSA) is 59.3 Å². The highest BCUT2D eigenvalue weighted by Crippen LogP contribution is 2.15. The summed E-state index contributed by atoms with van der Waals surface area (Å²) in [6, 6.07) is 7.14. The van der Waals surface area contributed by atoms with Gasteiger partial charge in [0.2, 0.25) is 5.43 Å². The van der Waals surface area contributed by atoms with Crippen molar-refractivity contribution in [2.75, 3.05) is 0 Å². The number of aromatic carboxylic acids is 1. The van der Waals surface area contributed by atoms with E-state index < -0.39 is 11.4 Å². The molecule has 4 nitrogen and oxygen atoms in total. The van der Waals surface area contributed by atoms with Gasteiger partial charge in [-0.25, -0.2) is 4.79 Å². The van der Waals surface area contributed by atoms with E-state index in [2.05, 4.69) is 13.8 Å². The van der Waals surface area contributed by atoms with Gasteiger partial charge in [-0.05, 0) is 18.1 Å². The van der Waals surface area contributed by atoms with Gasteiger partial charge in [0.05, 0.1) is 5.52 Å². The van der Waals surface area contributed by atoms with Gasteiger partial charge in [0.25, 0.3) is 0 Å². The Kier molecular flexibility index (Phi) is 3.69. The second-order valence-corrected chi connectivity index (χ2v) is 4.86. The minimum Gasteiger partial charge on any atom is -0.477 e. The zero-order valence-electron chi connectivity index (χ0n) is 11.1. The minimum atomic E-state index is -1.17. The summed E-state index contributed by atoms with van der Waals surface area (Å²) in [6.07, 6.45) is 2.46. The molecule has 1 heterocycles. The zero-order chi connectivity index (χ0) is 14.0. The van der Waals surface area contributed by atoms with Crippen LogP contribution in [0.4, 0.5) is 0 Å². The molecular formula is C15H17NO3. The maximum atomic E-state index is 12.1. The van der Waals surface area contributed by atoms with Gasteiger partial charge in [-0.15, -0.1) is 0 Å². The molecule has 2 rings (SSSR count). The predicted octanol–water partition coefficient (Wildman–Crippen LogP) is 2.75. The van der Waals surface area contributed by atoms with Crippen LogP contribution in [0.1, 0.15) is 30.6 Å². The van der Waals surface area contributed by atoms with Crippen LogP contribution >= 0.6 is 0 Å². The molecule has 0 bridgehead atoms. The Morgan fingerprint density at radius 2 is 2.05 bits per heavy atom. The van der Waals surface area contributed by atoms with E-state index in [4.69, 9.17) is 5.11 Å². The lowest BCUT2D eigenvalue weighted by Gasteiger charge is -2.15. The molecule has 0 aliphatic rings. The normalized spacial score (nSPS) is 12.5. The first-order valence-electron chi connectivity index (χ1n) is 6.40. The maximum Gasteiger partial charge on any atom is 0.341 e. The Morgan fingerprint density at radius 1 is 1.37 bits per heavy atom. The lowest BCUT2D eigenvalue weighted by atomic mass is 10.1. The number of para-hydroxylation sites is 1. The van der Waals surface area contributed by atoms with E-state index in [0.717, 1.165) is 11.9 Å². The first-order valence-corrected chi connectivity index (χ1v) is 6.40. The fourth-order valence-electron chi connectivity index (χ4n) is 2.11. The third-order valence-corrected chi connectivity index (χ3v) is 3.42. The third kappa shape index (κ3) is 2.52. The van der Waals surface area contributed by atoms with Crippen molar-refractivity contribution in [3.63, 3.8) is 0 Å². The van der Waals surface area contributed by atoms with Crippen molar-refractivity contribution in [3.8, 4) is 0 Å². The fraction of sp³-hybridized carbons (Fsp3) is 0.333. The number of hydrogen-bond acceptors (Lipinski definition) is 2. The van der Waals surface area contributed by atoms with E-state index in [1.807, 2.05) is 16.7 Å². The minimum absolute atomic E-state index is 0.165. The van der Waals surface area contributed by atoms with Crippen LogP contribution in [0.3, 0.4) is 0 Å². The molecule has 1 N–H and O–H groups in total. The Morgan fingerprint density at radius 3 is 2.68 bits per heavy atom. The van der Waals surface area contributed by atoms with Crippen LogP contribution in [0.2, 0.25) is 0 Å². The van der Waals surface area contributed by atoms with Gasteiger partial charge < -0.3 is 9.67 Å². The van der Waals surface area contributed by atoms with Gasteiger partial charge in [0.15, 0.2) is 0 Å². The van der Waals surface area contributed by atoms with Crippen molar-refractivity contribution >= 4 is 16.9 Å². The van der Waals surface area contributed by atoms with Crippen molar-refractivity contribution in [2.45, 2.75) is 26.8 Å². The Hall–Kier alpha value is -2.10. The van der Waals surface area contributed by atoms with Gasteiger partial charge in [-0.1, -0.05) is 32.4 Å². The van der Waals surface area contributed by atoms with Gasteiger partial charge >= 0.3 is 5.97 Å². The van der Waals surface area contributed by atoms with E-state index in [1.165, 1.54) is 6.20 Å². The molecule has 2 aromatic rings. The van der Waals surface area contributed by atoms with Crippen LogP contribution in [0, 0.1) is 5.92 Å². The summed E-state index contributed by atoms with van der Waals surface area (Å²) in [5.74, 6) is -0.749. The number of rotatable bonds is 4. The molecule has 19 heavy (non-hydrogen) atoms. The molecule has 1 unspecified atom stereocenters. The number of aromatic nitrogens is 1. The van der Waals surface area contributed by atoms with Crippen LogP contribution in [0.25, 0.3) is 10.9 Å². The molecule has 1 atom stereocenters. The van der Waals surface area contributed by atoms with E-state index >= 15 is 0 Å². The molecule has 0 amide bonds. The van der Waals surface area contributed by atoms with E-state index in [0.29, 0.717) is 17.8 Å². The largest absolute Gasteiger partial charge is 0.477 e. The van der Waals surface area contributed by atoms with Crippen LogP contribution in [0.15, 0.2) is 35.3 Å². The summed E-state index contributed by atoms with van der Waals surface area (Å²) >= 11 is 0. The molecule has 0 fully saturated rings. The van der Waals surface area contributed by atoms with Crippen molar-refractivity contribution in [1.82, 2.24) is 4.57 Å². The first-order chi connectivity index (χ1) is 9.04. The smallest absolute Gasteiger partial charge is 0.341 e. The summed E-state index contributed by atoms with van der Waals surface area (Å²) in [4.78, 5) is 23.2. The van der Waals surface area contributed by atoms with Crippen molar-refractivity contribution in [1.29, 1.82) is 0 Å². The van der Waals surface area contributed by atoms with Gasteiger partial charge in [-0.3, -0.25) is 4.79 Å². The number of carboxylic acids is 1. The van der Waals surface area contributed by atoms with E-state index in [-0.39, 0.29) is 5.56 Å². The summed E-state index contributed by atoms with van der Waals surface area (Å²) in [5, 5.41) is 9.59. The average Bonchev–Trinajstić information content (AvgIpc) is 2.41. The quantitative estimate of drug-likeness (QED) is 0.918. The standard InChI is InChI=1S/C15H17NO3/c1-3-10(2)8-16-9-12(15(18)19)14(17)11-6-4-5-7-13(11)16/h4-7,9-10H,3,8H2,1-2H3,(H,18,19). The lowest BCUT2D eigenvalue weighted by molar-refractivity contribution is 0.0694. The first kappa shape index (κ1) is 13.3. The Balaban J connectivity index is 2.71. The monoisotopic (exact) mass is 259 g/mol. The molecule has 0 spiro atoms.